The number of nitrogens with zero attached hydrogens (tertiary/aromatic N) is 5. The minimum atomic E-state index is -1.04. The van der Waals surface area contributed by atoms with Crippen molar-refractivity contribution in [2.75, 3.05) is 49.2 Å². The Hall–Kier alpha value is -4.28. The number of hydrogen-bond acceptors (Lipinski definition) is 7. The molecule has 5 aromatic rings. The van der Waals surface area contributed by atoms with Gasteiger partial charge in [0.2, 0.25) is 5.79 Å². The average Bonchev–Trinajstić information content (AvgIpc) is 3.74. The monoisotopic (exact) mass is 713 g/mol. The van der Waals surface area contributed by atoms with E-state index < -0.39 is 5.79 Å². The molecule has 3 atom stereocenters. The average molecular weight is 715 g/mol. The van der Waals surface area contributed by atoms with Crippen molar-refractivity contribution in [1.29, 1.82) is 0 Å². The topological polar surface area (TPSA) is 74.0 Å². The van der Waals surface area contributed by atoms with Crippen LogP contribution in [0.1, 0.15) is 37.4 Å². The Bertz CT molecular complexity index is 1940. The van der Waals surface area contributed by atoms with Gasteiger partial charge < -0.3 is 24.0 Å². The molecule has 2 saturated heterocycles. The number of piperazine rings is 1. The molecule has 50 heavy (non-hydrogen) atoms. The molecular formula is C39H41Cl2N5O4. The quantitative estimate of drug-likeness (QED) is 0.140. The molecular weight excluding hydrogens is 673 g/mol. The second kappa shape index (κ2) is 14.9. The summed E-state index contributed by atoms with van der Waals surface area (Å²) in [5.74, 6) is -0.267. The number of halogens is 2. The first-order valence-corrected chi connectivity index (χ1v) is 17.9. The molecule has 260 valence electrons. The van der Waals surface area contributed by atoms with Crippen molar-refractivity contribution < 1.29 is 14.2 Å². The van der Waals surface area contributed by atoms with Crippen molar-refractivity contribution in [3.63, 3.8) is 0 Å². The summed E-state index contributed by atoms with van der Waals surface area (Å²) in [5, 5.41) is 5.37. The fourth-order valence-corrected chi connectivity index (χ4v) is 7.15. The third-order valence-corrected chi connectivity index (χ3v) is 10.1. The maximum Gasteiger partial charge on any atom is 0.350 e. The molecule has 7 rings (SSSR count). The summed E-state index contributed by atoms with van der Waals surface area (Å²) in [4.78, 5) is 17.6. The van der Waals surface area contributed by atoms with Crippen LogP contribution in [0, 0.1) is 0 Å². The lowest BCUT2D eigenvalue weighted by Gasteiger charge is -2.37. The molecule has 2 aliphatic heterocycles. The second-order valence-corrected chi connectivity index (χ2v) is 13.7. The smallest absolute Gasteiger partial charge is 0.350 e. The highest BCUT2D eigenvalue weighted by Gasteiger charge is 2.45. The van der Waals surface area contributed by atoms with E-state index >= 15 is 0 Å². The lowest BCUT2D eigenvalue weighted by molar-refractivity contribution is -0.178. The molecule has 0 amide bonds. The number of ether oxygens (including phenoxy) is 3. The molecule has 3 heterocycles. The number of aromatic nitrogens is 3. The largest absolute Gasteiger partial charge is 0.491 e. The van der Waals surface area contributed by atoms with E-state index in [1.807, 2.05) is 55.5 Å². The summed E-state index contributed by atoms with van der Waals surface area (Å²) in [6.07, 6.45) is 2.68. The van der Waals surface area contributed by atoms with Crippen LogP contribution in [0.4, 0.5) is 11.4 Å². The van der Waals surface area contributed by atoms with Crippen molar-refractivity contribution in [2.24, 2.45) is 0 Å². The summed E-state index contributed by atoms with van der Waals surface area (Å²) in [7, 11) is 0. The maximum atomic E-state index is 12.8. The lowest BCUT2D eigenvalue weighted by Crippen LogP contribution is -2.46. The van der Waals surface area contributed by atoms with Gasteiger partial charge in [-0.3, -0.25) is 0 Å². The SMILES string of the molecule is CCC(C)n1ncn(-c2ccc(N3CCN(c4ccc(OC[C@@H]5CO[C@@](Cc6ccccc6)(c6ccc(Cl)cc6Cl)O5)cc4)CC3)cc2)c1=O. The Kier molecular flexibility index (Phi) is 10.2. The van der Waals surface area contributed by atoms with E-state index in [2.05, 4.69) is 58.2 Å². The van der Waals surface area contributed by atoms with Crippen molar-refractivity contribution in [3.05, 3.63) is 135 Å². The highest BCUT2D eigenvalue weighted by atomic mass is 35.5. The zero-order valence-electron chi connectivity index (χ0n) is 28.3. The van der Waals surface area contributed by atoms with Gasteiger partial charge in [-0.15, -0.1) is 0 Å². The van der Waals surface area contributed by atoms with Crippen molar-refractivity contribution in [1.82, 2.24) is 14.3 Å². The van der Waals surface area contributed by atoms with E-state index in [9.17, 15) is 4.79 Å². The van der Waals surface area contributed by atoms with Crippen LogP contribution in [0.5, 0.6) is 5.75 Å². The van der Waals surface area contributed by atoms with Gasteiger partial charge in [0.05, 0.1) is 23.4 Å². The molecule has 0 saturated carbocycles. The Morgan fingerprint density at radius 2 is 1.52 bits per heavy atom. The Morgan fingerprint density at radius 3 is 2.16 bits per heavy atom. The summed E-state index contributed by atoms with van der Waals surface area (Å²) < 4.78 is 22.3. The van der Waals surface area contributed by atoms with Crippen LogP contribution in [0.25, 0.3) is 5.69 Å². The summed E-state index contributed by atoms with van der Waals surface area (Å²) >= 11 is 12.9. The third-order valence-electron chi connectivity index (χ3n) is 9.59. The first kappa shape index (κ1) is 34.2. The first-order valence-electron chi connectivity index (χ1n) is 17.1. The van der Waals surface area contributed by atoms with Gasteiger partial charge in [-0.1, -0.05) is 66.5 Å². The van der Waals surface area contributed by atoms with Gasteiger partial charge >= 0.3 is 5.69 Å². The van der Waals surface area contributed by atoms with Crippen molar-refractivity contribution >= 4 is 34.6 Å². The number of hydrogen-bond donors (Lipinski definition) is 0. The molecule has 4 aromatic carbocycles. The van der Waals surface area contributed by atoms with Gasteiger partial charge in [-0.05, 0) is 79.6 Å². The minimum Gasteiger partial charge on any atom is -0.491 e. The van der Waals surface area contributed by atoms with E-state index in [1.54, 1.807) is 27.7 Å². The molecule has 1 unspecified atom stereocenters. The molecule has 9 nitrogen and oxygen atoms in total. The maximum absolute atomic E-state index is 12.8. The van der Waals surface area contributed by atoms with Crippen LogP contribution in [0.2, 0.25) is 10.0 Å². The molecule has 0 radical (unpaired) electrons. The van der Waals surface area contributed by atoms with Gasteiger partial charge in [0.1, 0.15) is 24.8 Å². The summed E-state index contributed by atoms with van der Waals surface area (Å²) in [5.41, 5.74) is 4.83. The molecule has 2 fully saturated rings. The second-order valence-electron chi connectivity index (χ2n) is 12.9. The highest BCUT2D eigenvalue weighted by Crippen LogP contribution is 2.42. The normalized spacial score (nSPS) is 19.9. The molecule has 1 aromatic heterocycles. The molecule has 0 spiro atoms. The van der Waals surface area contributed by atoms with E-state index in [0.717, 1.165) is 66.5 Å². The Balaban J connectivity index is 0.930. The van der Waals surface area contributed by atoms with Crippen molar-refractivity contribution in [3.8, 4) is 11.4 Å². The molecule has 0 bridgehead atoms. The van der Waals surface area contributed by atoms with Gasteiger partial charge in [-0.2, -0.15) is 5.10 Å². The molecule has 0 aliphatic carbocycles. The van der Waals surface area contributed by atoms with Crippen molar-refractivity contribution in [2.45, 2.75) is 44.6 Å². The van der Waals surface area contributed by atoms with Crippen LogP contribution < -0.4 is 20.2 Å². The summed E-state index contributed by atoms with van der Waals surface area (Å²) in [6, 6.07) is 31.9. The van der Waals surface area contributed by atoms with E-state index in [4.69, 9.17) is 37.4 Å². The number of rotatable bonds is 11. The van der Waals surface area contributed by atoms with Crippen LogP contribution in [-0.4, -0.2) is 59.8 Å². The van der Waals surface area contributed by atoms with Gasteiger partial charge in [0.15, 0.2) is 0 Å². The minimum absolute atomic E-state index is 0.0675. The van der Waals surface area contributed by atoms with Gasteiger partial charge in [-0.25, -0.2) is 14.0 Å². The third kappa shape index (κ3) is 7.28. The van der Waals surface area contributed by atoms with Crippen LogP contribution in [0.15, 0.2) is 108 Å². The first-order chi connectivity index (χ1) is 24.3. The molecule has 0 N–H and O–H groups in total. The Morgan fingerprint density at radius 1 is 0.880 bits per heavy atom. The standard InChI is InChI=1S/C39H41Cl2N5O4/c1-3-28(2)46-38(47)45(27-42-46)33-12-10-31(11-13-33)43-19-21-44(22-20-43)32-14-16-34(17-15-32)48-25-35-26-49-39(50-35,24-29-7-5-4-6-8-29)36-18-9-30(40)23-37(36)41/h4-18,23,27-28,35H,3,19-22,24-26H2,1-2H3/t28?,35-,39-/m1/s1. The van der Waals surface area contributed by atoms with Gasteiger partial charge in [0.25, 0.3) is 0 Å². The fourth-order valence-electron chi connectivity index (χ4n) is 6.60. The van der Waals surface area contributed by atoms with Gasteiger partial charge in [0, 0.05) is 54.6 Å². The van der Waals surface area contributed by atoms with E-state index in [-0.39, 0.29) is 17.8 Å². The zero-order chi connectivity index (χ0) is 34.7. The lowest BCUT2D eigenvalue weighted by atomic mass is 9.97. The Labute approximate surface area is 302 Å². The molecule has 2 aliphatic rings. The fraction of sp³-hybridized carbons (Fsp3) is 0.333. The molecule has 11 heteroatoms. The zero-order valence-corrected chi connectivity index (χ0v) is 29.8. The number of anilines is 2. The van der Waals surface area contributed by atoms with Crippen LogP contribution >= 0.6 is 23.2 Å². The number of benzene rings is 4. The van der Waals surface area contributed by atoms with Crippen LogP contribution in [0.3, 0.4) is 0 Å². The summed E-state index contributed by atoms with van der Waals surface area (Å²) in [6.45, 7) is 8.35. The van der Waals surface area contributed by atoms with Crippen LogP contribution in [-0.2, 0) is 21.7 Å². The van der Waals surface area contributed by atoms with E-state index in [0.29, 0.717) is 29.7 Å². The highest BCUT2D eigenvalue weighted by molar-refractivity contribution is 6.35. The predicted molar refractivity (Wildman–Crippen MR) is 198 cm³/mol. The predicted octanol–water partition coefficient (Wildman–Crippen LogP) is 7.53. The van der Waals surface area contributed by atoms with E-state index in [1.165, 1.54) is 0 Å².